The van der Waals surface area contributed by atoms with Gasteiger partial charge in [-0.2, -0.15) is 4.31 Å². The third-order valence-corrected chi connectivity index (χ3v) is 5.17. The van der Waals surface area contributed by atoms with Crippen LogP contribution in [0.4, 0.5) is 10.5 Å². The number of ether oxygens (including phenoxy) is 1. The normalized spacial score (nSPS) is 19.4. The fourth-order valence-electron chi connectivity index (χ4n) is 2.31. The van der Waals surface area contributed by atoms with Crippen LogP contribution < -0.4 is 11.1 Å². The number of alkyl carbamates (subject to hydrolysis) is 1. The van der Waals surface area contributed by atoms with Crippen molar-refractivity contribution < 1.29 is 17.9 Å². The van der Waals surface area contributed by atoms with Crippen LogP contribution in [0.3, 0.4) is 0 Å². The van der Waals surface area contributed by atoms with Crippen LogP contribution in [-0.2, 0) is 20.5 Å². The average molecular weight is 313 g/mol. The van der Waals surface area contributed by atoms with Crippen LogP contribution in [0, 0.1) is 0 Å². The van der Waals surface area contributed by atoms with E-state index in [-0.39, 0.29) is 18.3 Å². The van der Waals surface area contributed by atoms with E-state index < -0.39 is 16.1 Å². The van der Waals surface area contributed by atoms with Crippen LogP contribution >= 0.6 is 0 Å². The number of amides is 1. The van der Waals surface area contributed by atoms with E-state index in [0.29, 0.717) is 24.2 Å². The summed E-state index contributed by atoms with van der Waals surface area (Å²) in [7, 11) is -2.14. The first-order valence-corrected chi connectivity index (χ1v) is 8.18. The summed E-state index contributed by atoms with van der Waals surface area (Å²) in [5.74, 6) is -0.0943. The van der Waals surface area contributed by atoms with Crippen molar-refractivity contribution >= 4 is 21.8 Å². The molecular formula is C13H19N3O4S. The van der Waals surface area contributed by atoms with E-state index in [2.05, 4.69) is 10.1 Å². The third-order valence-electron chi connectivity index (χ3n) is 3.35. The Balaban J connectivity index is 1.99. The van der Waals surface area contributed by atoms with Crippen molar-refractivity contribution in [3.8, 4) is 0 Å². The first-order chi connectivity index (χ1) is 9.90. The number of carbonyl (C=O) groups excluding carboxylic acids is 1. The summed E-state index contributed by atoms with van der Waals surface area (Å²) < 4.78 is 30.6. The Bertz CT molecular complexity index is 618. The minimum atomic E-state index is -3.42. The van der Waals surface area contributed by atoms with E-state index in [1.165, 1.54) is 11.4 Å². The zero-order valence-corrected chi connectivity index (χ0v) is 12.6. The van der Waals surface area contributed by atoms with Crippen LogP contribution in [0.25, 0.3) is 0 Å². The van der Waals surface area contributed by atoms with E-state index in [4.69, 9.17) is 5.73 Å². The lowest BCUT2D eigenvalue weighted by Gasteiger charge is -2.17. The largest absolute Gasteiger partial charge is 0.453 e. The second-order valence-electron chi connectivity index (χ2n) is 4.98. The van der Waals surface area contributed by atoms with Crippen LogP contribution in [0.1, 0.15) is 12.0 Å². The maximum Gasteiger partial charge on any atom is 0.407 e. The van der Waals surface area contributed by atoms with E-state index in [0.717, 1.165) is 0 Å². The van der Waals surface area contributed by atoms with Crippen LogP contribution in [-0.4, -0.2) is 45.1 Å². The lowest BCUT2D eigenvalue weighted by Crippen LogP contribution is -2.38. The van der Waals surface area contributed by atoms with Crippen molar-refractivity contribution in [2.75, 3.05) is 25.9 Å². The standard InChI is InChI=1S/C13H19N3O4S/c1-20-13(17)15-12-5-6-16(8-12)21(18,19)9-10-3-2-4-11(14)7-10/h2-4,7,12H,5-6,8-9,14H2,1H3,(H,15,17). The monoisotopic (exact) mass is 313 g/mol. The highest BCUT2D eigenvalue weighted by atomic mass is 32.2. The van der Waals surface area contributed by atoms with Gasteiger partial charge in [0.15, 0.2) is 0 Å². The van der Waals surface area contributed by atoms with Gasteiger partial charge in [-0.3, -0.25) is 0 Å². The Morgan fingerprint density at radius 2 is 2.29 bits per heavy atom. The van der Waals surface area contributed by atoms with Crippen molar-refractivity contribution in [1.29, 1.82) is 0 Å². The molecule has 3 N–H and O–H groups in total. The molecule has 0 aromatic heterocycles. The van der Waals surface area contributed by atoms with Crippen molar-refractivity contribution in [3.63, 3.8) is 0 Å². The molecule has 1 aliphatic rings. The Labute approximate surface area is 124 Å². The fraction of sp³-hybridized carbons (Fsp3) is 0.462. The van der Waals surface area contributed by atoms with E-state index in [9.17, 15) is 13.2 Å². The van der Waals surface area contributed by atoms with Crippen molar-refractivity contribution in [3.05, 3.63) is 29.8 Å². The molecule has 1 aromatic carbocycles. The van der Waals surface area contributed by atoms with Gasteiger partial charge >= 0.3 is 6.09 Å². The molecule has 8 heteroatoms. The zero-order valence-electron chi connectivity index (χ0n) is 11.8. The van der Waals surface area contributed by atoms with Crippen LogP contribution in [0.5, 0.6) is 0 Å². The molecule has 1 saturated heterocycles. The molecule has 116 valence electrons. The highest BCUT2D eigenvalue weighted by molar-refractivity contribution is 7.88. The van der Waals surface area contributed by atoms with Crippen LogP contribution in [0.15, 0.2) is 24.3 Å². The van der Waals surface area contributed by atoms with E-state index >= 15 is 0 Å². The predicted octanol–water partition coefficient (Wildman–Crippen LogP) is 0.529. The average Bonchev–Trinajstić information content (AvgIpc) is 2.87. The second kappa shape index (κ2) is 6.31. The summed E-state index contributed by atoms with van der Waals surface area (Å²) in [6.07, 6.45) is 0.0284. The van der Waals surface area contributed by atoms with Gasteiger partial charge in [0, 0.05) is 24.8 Å². The number of anilines is 1. The van der Waals surface area contributed by atoms with Gasteiger partial charge in [0.05, 0.1) is 12.9 Å². The summed E-state index contributed by atoms with van der Waals surface area (Å²) in [6.45, 7) is 0.652. The number of nitrogen functional groups attached to an aromatic ring is 1. The Morgan fingerprint density at radius 3 is 2.95 bits per heavy atom. The summed E-state index contributed by atoms with van der Waals surface area (Å²) >= 11 is 0. The van der Waals surface area contributed by atoms with Crippen molar-refractivity contribution in [2.45, 2.75) is 18.2 Å². The summed E-state index contributed by atoms with van der Waals surface area (Å²) in [5.41, 5.74) is 6.84. The van der Waals surface area contributed by atoms with Gasteiger partial charge in [-0.25, -0.2) is 13.2 Å². The molecule has 21 heavy (non-hydrogen) atoms. The molecule has 0 spiro atoms. The van der Waals surface area contributed by atoms with Crippen molar-refractivity contribution in [2.24, 2.45) is 0 Å². The predicted molar refractivity (Wildman–Crippen MR) is 79.0 cm³/mol. The first-order valence-electron chi connectivity index (χ1n) is 6.57. The molecule has 1 aliphatic heterocycles. The van der Waals surface area contributed by atoms with Crippen LogP contribution in [0.2, 0.25) is 0 Å². The highest BCUT2D eigenvalue weighted by Gasteiger charge is 2.32. The third kappa shape index (κ3) is 4.08. The molecule has 0 bridgehead atoms. The number of benzene rings is 1. The lowest BCUT2D eigenvalue weighted by molar-refractivity contribution is 0.167. The minimum Gasteiger partial charge on any atom is -0.453 e. The topological polar surface area (TPSA) is 102 Å². The zero-order chi connectivity index (χ0) is 15.5. The van der Waals surface area contributed by atoms with Gasteiger partial charge in [-0.15, -0.1) is 0 Å². The molecule has 1 heterocycles. The number of nitrogens with one attached hydrogen (secondary N) is 1. The molecule has 1 fully saturated rings. The van der Waals surface area contributed by atoms with E-state index in [1.807, 2.05) is 0 Å². The number of hydrogen-bond donors (Lipinski definition) is 2. The fourth-order valence-corrected chi connectivity index (χ4v) is 3.88. The van der Waals surface area contributed by atoms with Gasteiger partial charge in [0.25, 0.3) is 0 Å². The molecule has 0 radical (unpaired) electrons. The van der Waals surface area contributed by atoms with Gasteiger partial charge in [0.1, 0.15) is 0 Å². The smallest absolute Gasteiger partial charge is 0.407 e. The number of hydrogen-bond acceptors (Lipinski definition) is 5. The Morgan fingerprint density at radius 1 is 1.52 bits per heavy atom. The Kier molecular flexibility index (Phi) is 4.69. The molecular weight excluding hydrogens is 294 g/mol. The van der Waals surface area contributed by atoms with Gasteiger partial charge < -0.3 is 15.8 Å². The lowest BCUT2D eigenvalue weighted by atomic mass is 10.2. The number of nitrogens with two attached hydrogens (primary N) is 1. The van der Waals surface area contributed by atoms with E-state index in [1.54, 1.807) is 24.3 Å². The highest BCUT2D eigenvalue weighted by Crippen LogP contribution is 2.18. The number of rotatable bonds is 4. The molecule has 0 saturated carbocycles. The summed E-state index contributed by atoms with van der Waals surface area (Å²) in [5, 5.41) is 2.62. The Hall–Kier alpha value is -1.80. The maximum absolute atomic E-state index is 12.4. The minimum absolute atomic E-state index is 0.0943. The quantitative estimate of drug-likeness (QED) is 0.790. The number of sulfonamides is 1. The molecule has 1 amide bonds. The maximum atomic E-state index is 12.4. The number of carbonyl (C=O) groups is 1. The SMILES string of the molecule is COC(=O)NC1CCN(S(=O)(=O)Cc2cccc(N)c2)C1. The molecule has 2 rings (SSSR count). The molecule has 1 unspecified atom stereocenters. The molecule has 7 nitrogen and oxygen atoms in total. The van der Waals surface area contributed by atoms with Crippen molar-refractivity contribution in [1.82, 2.24) is 9.62 Å². The molecule has 1 atom stereocenters. The summed E-state index contributed by atoms with van der Waals surface area (Å²) in [6, 6.07) is 6.60. The number of methoxy groups -OCH3 is 1. The molecule has 1 aromatic rings. The second-order valence-corrected chi connectivity index (χ2v) is 6.95. The summed E-state index contributed by atoms with van der Waals surface area (Å²) in [4.78, 5) is 11.1. The van der Waals surface area contributed by atoms with Gasteiger partial charge in [0.2, 0.25) is 10.0 Å². The van der Waals surface area contributed by atoms with Gasteiger partial charge in [-0.1, -0.05) is 12.1 Å². The first kappa shape index (κ1) is 15.6. The molecule has 0 aliphatic carbocycles. The van der Waals surface area contributed by atoms with Gasteiger partial charge in [-0.05, 0) is 24.1 Å². The number of nitrogens with zero attached hydrogens (tertiary/aromatic N) is 1.